The summed E-state index contributed by atoms with van der Waals surface area (Å²) in [7, 11) is 0. The SMILES string of the molecule is CCOc1ccc(C(=O)Oc2ccc(/C=N\NC(=O)[C@H](C)Oc3ccc(Br)cc3)cc2)cc1. The molecule has 1 amide bonds. The first-order valence-corrected chi connectivity index (χ1v) is 11.0. The summed E-state index contributed by atoms with van der Waals surface area (Å²) < 4.78 is 17.2. The van der Waals surface area contributed by atoms with Gasteiger partial charge in [-0.15, -0.1) is 0 Å². The first-order chi connectivity index (χ1) is 15.9. The van der Waals surface area contributed by atoms with E-state index in [-0.39, 0.29) is 5.91 Å². The van der Waals surface area contributed by atoms with Crippen molar-refractivity contribution < 1.29 is 23.8 Å². The van der Waals surface area contributed by atoms with Crippen molar-refractivity contribution in [2.24, 2.45) is 5.10 Å². The van der Waals surface area contributed by atoms with Gasteiger partial charge < -0.3 is 14.2 Å². The van der Waals surface area contributed by atoms with Gasteiger partial charge in [-0.3, -0.25) is 4.79 Å². The van der Waals surface area contributed by atoms with Crippen LogP contribution < -0.4 is 19.6 Å². The summed E-state index contributed by atoms with van der Waals surface area (Å²) in [4.78, 5) is 24.4. The predicted molar refractivity (Wildman–Crippen MR) is 129 cm³/mol. The standard InChI is InChI=1S/C25H23BrN2O5/c1-3-31-21-12-6-19(7-13-21)25(30)33-23-10-4-18(5-11-23)16-27-28-24(29)17(2)32-22-14-8-20(26)9-15-22/h4-17H,3H2,1-2H3,(H,28,29)/b27-16-/t17-/m0/s1. The number of esters is 1. The predicted octanol–water partition coefficient (Wildman–Crippen LogP) is 4.98. The summed E-state index contributed by atoms with van der Waals surface area (Å²) in [5, 5.41) is 3.95. The highest BCUT2D eigenvalue weighted by atomic mass is 79.9. The average Bonchev–Trinajstić information content (AvgIpc) is 2.82. The summed E-state index contributed by atoms with van der Waals surface area (Å²) in [5.41, 5.74) is 3.59. The van der Waals surface area contributed by atoms with Crippen molar-refractivity contribution in [2.75, 3.05) is 6.61 Å². The van der Waals surface area contributed by atoms with Crippen molar-refractivity contribution in [3.05, 3.63) is 88.4 Å². The van der Waals surface area contributed by atoms with Crippen LogP contribution in [0, 0.1) is 0 Å². The lowest BCUT2D eigenvalue weighted by Crippen LogP contribution is -2.33. The molecule has 3 aromatic rings. The molecule has 3 aromatic carbocycles. The summed E-state index contributed by atoms with van der Waals surface area (Å²) in [5.74, 6) is 0.826. The van der Waals surface area contributed by atoms with Crippen LogP contribution in [0.1, 0.15) is 29.8 Å². The molecule has 8 heteroatoms. The van der Waals surface area contributed by atoms with Crippen LogP contribution in [-0.2, 0) is 4.79 Å². The van der Waals surface area contributed by atoms with E-state index < -0.39 is 12.1 Å². The molecule has 33 heavy (non-hydrogen) atoms. The molecule has 0 aliphatic heterocycles. The molecule has 0 aliphatic carbocycles. The Balaban J connectivity index is 1.48. The number of amides is 1. The summed E-state index contributed by atoms with van der Waals surface area (Å²) in [6.45, 7) is 4.09. The van der Waals surface area contributed by atoms with Crippen molar-refractivity contribution in [1.29, 1.82) is 0 Å². The van der Waals surface area contributed by atoms with Crippen LogP contribution in [0.2, 0.25) is 0 Å². The second-order valence-corrected chi connectivity index (χ2v) is 7.78. The highest BCUT2D eigenvalue weighted by Gasteiger charge is 2.14. The molecule has 0 saturated carbocycles. The number of hydrogen-bond acceptors (Lipinski definition) is 6. The Morgan fingerprint density at radius 2 is 1.55 bits per heavy atom. The maximum atomic E-state index is 12.3. The molecule has 0 heterocycles. The first-order valence-electron chi connectivity index (χ1n) is 10.2. The molecule has 0 radical (unpaired) electrons. The molecule has 7 nitrogen and oxygen atoms in total. The fourth-order valence-electron chi connectivity index (χ4n) is 2.67. The van der Waals surface area contributed by atoms with Crippen LogP contribution in [0.5, 0.6) is 17.2 Å². The fourth-order valence-corrected chi connectivity index (χ4v) is 2.94. The third-order valence-corrected chi connectivity index (χ3v) is 4.90. The van der Waals surface area contributed by atoms with E-state index in [9.17, 15) is 9.59 Å². The lowest BCUT2D eigenvalue weighted by molar-refractivity contribution is -0.127. The van der Waals surface area contributed by atoms with Gasteiger partial charge in [-0.1, -0.05) is 15.9 Å². The minimum atomic E-state index is -0.715. The number of halogens is 1. The van der Waals surface area contributed by atoms with Crippen molar-refractivity contribution in [2.45, 2.75) is 20.0 Å². The highest BCUT2D eigenvalue weighted by Crippen LogP contribution is 2.18. The molecule has 0 unspecified atom stereocenters. The number of nitrogens with one attached hydrogen (secondary N) is 1. The quantitative estimate of drug-likeness (QED) is 0.190. The Morgan fingerprint density at radius 3 is 2.18 bits per heavy atom. The summed E-state index contributed by atoms with van der Waals surface area (Å²) in [6, 6.07) is 20.7. The van der Waals surface area contributed by atoms with E-state index in [4.69, 9.17) is 14.2 Å². The second kappa shape index (κ2) is 11.8. The van der Waals surface area contributed by atoms with E-state index in [0.717, 1.165) is 10.0 Å². The zero-order valence-corrected chi connectivity index (χ0v) is 19.7. The van der Waals surface area contributed by atoms with Crippen LogP contribution in [0.4, 0.5) is 0 Å². The van der Waals surface area contributed by atoms with Crippen molar-refractivity contribution in [3.8, 4) is 17.2 Å². The van der Waals surface area contributed by atoms with Crippen LogP contribution in [0.3, 0.4) is 0 Å². The van der Waals surface area contributed by atoms with Gasteiger partial charge in [0.2, 0.25) is 0 Å². The Kier molecular flexibility index (Phi) is 8.60. The Labute approximate surface area is 200 Å². The lowest BCUT2D eigenvalue weighted by Gasteiger charge is -2.12. The minimum absolute atomic E-state index is 0.380. The molecule has 1 N–H and O–H groups in total. The van der Waals surface area contributed by atoms with Gasteiger partial charge in [0.25, 0.3) is 5.91 Å². The lowest BCUT2D eigenvalue weighted by atomic mass is 10.2. The Morgan fingerprint density at radius 1 is 0.939 bits per heavy atom. The van der Waals surface area contributed by atoms with Crippen LogP contribution in [0.15, 0.2) is 82.4 Å². The normalized spacial score (nSPS) is 11.6. The molecule has 0 fully saturated rings. The van der Waals surface area contributed by atoms with Crippen molar-refractivity contribution >= 4 is 34.0 Å². The number of carbonyl (C=O) groups is 2. The fraction of sp³-hybridized carbons (Fsp3) is 0.160. The van der Waals surface area contributed by atoms with E-state index in [0.29, 0.717) is 29.4 Å². The van der Waals surface area contributed by atoms with Gasteiger partial charge in [0.15, 0.2) is 6.10 Å². The minimum Gasteiger partial charge on any atom is -0.494 e. The van der Waals surface area contributed by atoms with Crippen LogP contribution in [0.25, 0.3) is 0 Å². The molecule has 0 spiro atoms. The third-order valence-electron chi connectivity index (χ3n) is 4.38. The van der Waals surface area contributed by atoms with Gasteiger partial charge in [-0.2, -0.15) is 5.10 Å². The van der Waals surface area contributed by atoms with Gasteiger partial charge >= 0.3 is 5.97 Å². The van der Waals surface area contributed by atoms with Gasteiger partial charge in [-0.05, 0) is 92.2 Å². The van der Waals surface area contributed by atoms with E-state index in [2.05, 4.69) is 26.5 Å². The summed E-state index contributed by atoms with van der Waals surface area (Å²) >= 11 is 3.35. The smallest absolute Gasteiger partial charge is 0.343 e. The molecule has 170 valence electrons. The first kappa shape index (κ1) is 24.0. The van der Waals surface area contributed by atoms with E-state index in [1.54, 1.807) is 67.6 Å². The van der Waals surface area contributed by atoms with Gasteiger partial charge in [0.1, 0.15) is 17.2 Å². The number of rotatable bonds is 9. The summed E-state index contributed by atoms with van der Waals surface area (Å²) in [6.07, 6.45) is 0.773. The molecule has 0 saturated heterocycles. The number of nitrogens with zero attached hydrogens (tertiary/aromatic N) is 1. The van der Waals surface area contributed by atoms with E-state index in [1.807, 2.05) is 19.1 Å². The largest absolute Gasteiger partial charge is 0.494 e. The maximum Gasteiger partial charge on any atom is 0.343 e. The number of hydrazone groups is 1. The zero-order chi connectivity index (χ0) is 23.6. The van der Waals surface area contributed by atoms with Crippen molar-refractivity contribution in [3.63, 3.8) is 0 Å². The molecular formula is C25H23BrN2O5. The van der Waals surface area contributed by atoms with Gasteiger partial charge in [0, 0.05) is 4.47 Å². The van der Waals surface area contributed by atoms with Gasteiger partial charge in [0.05, 0.1) is 18.4 Å². The maximum absolute atomic E-state index is 12.3. The number of carbonyl (C=O) groups excluding carboxylic acids is 2. The molecule has 0 aromatic heterocycles. The molecule has 3 rings (SSSR count). The van der Waals surface area contributed by atoms with Crippen LogP contribution >= 0.6 is 15.9 Å². The van der Waals surface area contributed by atoms with E-state index in [1.165, 1.54) is 6.21 Å². The average molecular weight is 511 g/mol. The highest BCUT2D eigenvalue weighted by molar-refractivity contribution is 9.10. The number of ether oxygens (including phenoxy) is 3. The monoisotopic (exact) mass is 510 g/mol. The molecule has 0 aliphatic rings. The Bertz CT molecular complexity index is 1100. The third kappa shape index (κ3) is 7.47. The molecule has 1 atom stereocenters. The number of hydrogen-bond donors (Lipinski definition) is 1. The second-order valence-electron chi connectivity index (χ2n) is 6.86. The zero-order valence-electron chi connectivity index (χ0n) is 18.2. The van der Waals surface area contributed by atoms with E-state index >= 15 is 0 Å². The van der Waals surface area contributed by atoms with Crippen molar-refractivity contribution in [1.82, 2.24) is 5.43 Å². The topological polar surface area (TPSA) is 86.2 Å². The Hall–Kier alpha value is -3.65. The number of benzene rings is 3. The van der Waals surface area contributed by atoms with Gasteiger partial charge in [-0.25, -0.2) is 10.2 Å². The molecule has 0 bridgehead atoms. The van der Waals surface area contributed by atoms with Crippen LogP contribution in [-0.4, -0.2) is 30.8 Å². The molecular weight excluding hydrogens is 488 g/mol.